The lowest BCUT2D eigenvalue weighted by molar-refractivity contribution is 0.108. The average molecular weight is 261 g/mol. The van der Waals surface area contributed by atoms with Crippen LogP contribution in [0.15, 0.2) is 6.20 Å². The van der Waals surface area contributed by atoms with Crippen molar-refractivity contribution in [1.29, 1.82) is 0 Å². The molecule has 0 saturated heterocycles. The third kappa shape index (κ3) is 2.70. The Morgan fingerprint density at radius 1 is 1.21 bits per heavy atom. The van der Waals surface area contributed by atoms with Crippen LogP contribution < -0.4 is 5.32 Å². The molecule has 0 bridgehead atoms. The topological polar surface area (TPSA) is 39.1 Å². The molecular formula is C15H23N3O. The van der Waals surface area contributed by atoms with Gasteiger partial charge in [-0.15, -0.1) is 0 Å². The maximum absolute atomic E-state index is 5.88. The van der Waals surface area contributed by atoms with Crippen LogP contribution in [0.5, 0.6) is 0 Å². The molecule has 1 aromatic rings. The first kappa shape index (κ1) is 11.9. The first-order chi connectivity index (χ1) is 9.40. The number of hydrogen-bond acceptors (Lipinski definition) is 3. The Kier molecular flexibility index (Phi) is 3.08. The summed E-state index contributed by atoms with van der Waals surface area (Å²) in [5, 5.41) is 8.13. The molecule has 0 spiro atoms. The molecule has 0 radical (unpaired) electrons. The zero-order chi connectivity index (χ0) is 12.7. The minimum Gasteiger partial charge on any atom is -0.380 e. The molecular weight excluding hydrogens is 238 g/mol. The van der Waals surface area contributed by atoms with Crippen LogP contribution in [0.3, 0.4) is 0 Å². The predicted molar refractivity (Wildman–Crippen MR) is 72.9 cm³/mol. The van der Waals surface area contributed by atoms with Gasteiger partial charge in [-0.1, -0.05) is 0 Å². The molecule has 1 atom stereocenters. The number of ether oxygens (including phenoxy) is 1. The molecule has 1 N–H and O–H groups in total. The van der Waals surface area contributed by atoms with Gasteiger partial charge >= 0.3 is 0 Å². The van der Waals surface area contributed by atoms with Gasteiger partial charge in [0.2, 0.25) is 0 Å². The third-order valence-electron chi connectivity index (χ3n) is 4.60. The van der Waals surface area contributed by atoms with E-state index < -0.39 is 0 Å². The maximum atomic E-state index is 5.88. The van der Waals surface area contributed by atoms with Crippen LogP contribution in [0.1, 0.15) is 42.9 Å². The lowest BCUT2D eigenvalue weighted by Crippen LogP contribution is -2.31. The van der Waals surface area contributed by atoms with Crippen molar-refractivity contribution >= 4 is 0 Å². The van der Waals surface area contributed by atoms with Crippen LogP contribution in [0.4, 0.5) is 0 Å². The van der Waals surface area contributed by atoms with Gasteiger partial charge in [0, 0.05) is 37.7 Å². The third-order valence-corrected chi connectivity index (χ3v) is 4.60. The first-order valence-corrected chi connectivity index (χ1v) is 7.73. The van der Waals surface area contributed by atoms with Crippen molar-refractivity contribution in [3.05, 3.63) is 17.5 Å². The quantitative estimate of drug-likeness (QED) is 0.850. The molecule has 104 valence electrons. The number of hydrogen-bond donors (Lipinski definition) is 1. The molecule has 3 aliphatic rings. The fraction of sp³-hybridized carbons (Fsp3) is 0.800. The van der Waals surface area contributed by atoms with E-state index in [0.717, 1.165) is 44.7 Å². The Hall–Kier alpha value is -0.870. The number of fused-ring (bicyclic) bond motifs is 1. The smallest absolute Gasteiger partial charge is 0.0558 e. The van der Waals surface area contributed by atoms with Crippen molar-refractivity contribution in [2.45, 2.75) is 44.7 Å². The van der Waals surface area contributed by atoms with Crippen LogP contribution in [-0.2, 0) is 17.8 Å². The summed E-state index contributed by atoms with van der Waals surface area (Å²) in [6.07, 6.45) is 7.59. The molecule has 2 saturated carbocycles. The van der Waals surface area contributed by atoms with Crippen molar-refractivity contribution in [3.63, 3.8) is 0 Å². The number of nitrogens with one attached hydrogen (secondary N) is 1. The molecule has 2 fully saturated rings. The minimum absolute atomic E-state index is 0.496. The van der Waals surface area contributed by atoms with Crippen molar-refractivity contribution < 1.29 is 4.74 Å². The normalized spacial score (nSPS) is 26.4. The monoisotopic (exact) mass is 261 g/mol. The summed E-state index contributed by atoms with van der Waals surface area (Å²) < 4.78 is 8.11. The highest BCUT2D eigenvalue weighted by atomic mass is 16.5. The highest BCUT2D eigenvalue weighted by Gasteiger charge is 2.28. The highest BCUT2D eigenvalue weighted by molar-refractivity contribution is 5.26. The summed E-state index contributed by atoms with van der Waals surface area (Å²) in [5.41, 5.74) is 2.83. The first-order valence-electron chi connectivity index (χ1n) is 7.73. The van der Waals surface area contributed by atoms with Gasteiger partial charge in [0.15, 0.2) is 0 Å². The molecule has 1 aromatic heterocycles. The maximum Gasteiger partial charge on any atom is 0.0558 e. The second kappa shape index (κ2) is 4.91. The van der Waals surface area contributed by atoms with Crippen molar-refractivity contribution in [1.82, 2.24) is 15.1 Å². The molecule has 2 aliphatic carbocycles. The summed E-state index contributed by atoms with van der Waals surface area (Å²) in [6, 6.07) is 0. The molecule has 0 aromatic carbocycles. The van der Waals surface area contributed by atoms with Gasteiger partial charge in [-0.3, -0.25) is 4.68 Å². The van der Waals surface area contributed by atoms with Gasteiger partial charge < -0.3 is 10.1 Å². The van der Waals surface area contributed by atoms with Gasteiger partial charge in [-0.2, -0.15) is 5.10 Å². The Bertz CT molecular complexity index is 448. The predicted octanol–water partition coefficient (Wildman–Crippen LogP) is 1.91. The number of rotatable bonds is 6. The highest BCUT2D eigenvalue weighted by Crippen LogP contribution is 2.33. The molecule has 0 unspecified atom stereocenters. The second-order valence-electron chi connectivity index (χ2n) is 6.48. The number of nitrogens with zero attached hydrogens (tertiary/aromatic N) is 2. The van der Waals surface area contributed by atoms with Crippen LogP contribution in [0.2, 0.25) is 0 Å². The fourth-order valence-electron chi connectivity index (χ4n) is 2.95. The largest absolute Gasteiger partial charge is 0.380 e. The van der Waals surface area contributed by atoms with Crippen molar-refractivity contribution in [2.75, 3.05) is 19.8 Å². The van der Waals surface area contributed by atoms with E-state index in [1.807, 2.05) is 0 Å². The van der Waals surface area contributed by atoms with Gasteiger partial charge in [0.25, 0.3) is 0 Å². The van der Waals surface area contributed by atoms with Crippen LogP contribution in [-0.4, -0.2) is 29.5 Å². The van der Waals surface area contributed by atoms with Crippen molar-refractivity contribution in [2.24, 2.45) is 11.8 Å². The average Bonchev–Trinajstić information content (AvgIpc) is 3.32. The standard InChI is InChI=1S/C15H23N3O/c1-2-11(1)8-18-15-7-16-5-13(14(15)6-17-18)10-19-9-12-3-4-12/h6,11-13,16H,1-5,7-10H2/t13-/m0/s1. The molecule has 19 heavy (non-hydrogen) atoms. The van der Waals surface area contributed by atoms with Gasteiger partial charge in [-0.25, -0.2) is 0 Å². The van der Waals surface area contributed by atoms with E-state index in [4.69, 9.17) is 4.74 Å². The van der Waals surface area contributed by atoms with Crippen LogP contribution >= 0.6 is 0 Å². The van der Waals surface area contributed by atoms with E-state index in [2.05, 4.69) is 21.3 Å². The van der Waals surface area contributed by atoms with E-state index in [9.17, 15) is 0 Å². The second-order valence-corrected chi connectivity index (χ2v) is 6.48. The SMILES string of the molecule is c1nn(CC2CC2)c2c1[C@H](COCC1CC1)CNC2. The lowest BCUT2D eigenvalue weighted by atomic mass is 9.97. The molecule has 4 heteroatoms. The summed E-state index contributed by atoms with van der Waals surface area (Å²) in [7, 11) is 0. The fourth-order valence-corrected chi connectivity index (χ4v) is 2.95. The van der Waals surface area contributed by atoms with E-state index in [1.54, 1.807) is 0 Å². The molecule has 1 aliphatic heterocycles. The summed E-state index contributed by atoms with van der Waals surface area (Å²) in [6.45, 7) is 4.94. The Balaban J connectivity index is 1.41. The summed E-state index contributed by atoms with van der Waals surface area (Å²) in [4.78, 5) is 0. The Morgan fingerprint density at radius 3 is 2.84 bits per heavy atom. The van der Waals surface area contributed by atoms with E-state index >= 15 is 0 Å². The molecule has 4 rings (SSSR count). The van der Waals surface area contributed by atoms with E-state index in [0.29, 0.717) is 5.92 Å². The zero-order valence-corrected chi connectivity index (χ0v) is 11.5. The summed E-state index contributed by atoms with van der Waals surface area (Å²) >= 11 is 0. The summed E-state index contributed by atoms with van der Waals surface area (Å²) in [5.74, 6) is 2.24. The van der Waals surface area contributed by atoms with Crippen LogP contribution in [0.25, 0.3) is 0 Å². The molecule has 4 nitrogen and oxygen atoms in total. The van der Waals surface area contributed by atoms with Gasteiger partial charge in [0.05, 0.1) is 18.5 Å². The van der Waals surface area contributed by atoms with E-state index in [-0.39, 0.29) is 0 Å². The minimum atomic E-state index is 0.496. The Morgan fingerprint density at radius 2 is 2.05 bits per heavy atom. The van der Waals surface area contributed by atoms with Crippen LogP contribution in [0, 0.1) is 11.8 Å². The molecule has 0 amide bonds. The Labute approximate surface area is 114 Å². The zero-order valence-electron chi connectivity index (χ0n) is 11.5. The molecule has 2 heterocycles. The lowest BCUT2D eigenvalue weighted by Gasteiger charge is -2.24. The van der Waals surface area contributed by atoms with Gasteiger partial charge in [0.1, 0.15) is 0 Å². The van der Waals surface area contributed by atoms with Crippen molar-refractivity contribution in [3.8, 4) is 0 Å². The van der Waals surface area contributed by atoms with Gasteiger partial charge in [-0.05, 0) is 37.5 Å². The van der Waals surface area contributed by atoms with E-state index in [1.165, 1.54) is 36.9 Å². The number of aromatic nitrogens is 2.